The molecule has 10 rings (SSSR count). The van der Waals surface area contributed by atoms with Crippen molar-refractivity contribution < 1.29 is 37.8 Å². The summed E-state index contributed by atoms with van der Waals surface area (Å²) in [5, 5.41) is 16.0. The zero-order chi connectivity index (χ0) is 41.3. The maximum absolute atomic E-state index is 16.1. The van der Waals surface area contributed by atoms with Crippen LogP contribution in [-0.2, 0) is 9.59 Å². The fraction of sp³-hybridized carbons (Fsp3) is 0.419. The number of benzene rings is 2. The van der Waals surface area contributed by atoms with E-state index < -0.39 is 35.3 Å². The molecule has 5 amide bonds. The summed E-state index contributed by atoms with van der Waals surface area (Å²) in [4.78, 5) is 73.1. The molecular formula is C43H44FN10O6+. The van der Waals surface area contributed by atoms with Gasteiger partial charge in [0.05, 0.1) is 47.9 Å². The fourth-order valence-electron chi connectivity index (χ4n) is 9.09. The first kappa shape index (κ1) is 37.9. The summed E-state index contributed by atoms with van der Waals surface area (Å²) in [6.45, 7) is 1.16. The second kappa shape index (κ2) is 14.7. The zero-order valence-electron chi connectivity index (χ0n) is 33.1. The number of ether oxygens (including phenoxy) is 1. The van der Waals surface area contributed by atoms with Gasteiger partial charge in [-0.3, -0.25) is 34.2 Å². The second-order valence-electron chi connectivity index (χ2n) is 17.0. The van der Waals surface area contributed by atoms with Crippen molar-refractivity contribution in [3.8, 4) is 5.75 Å². The van der Waals surface area contributed by atoms with Crippen LogP contribution >= 0.6 is 0 Å². The Balaban J connectivity index is 0.748. The number of carbonyl (C=O) groups excluding carboxylic acids is 5. The van der Waals surface area contributed by atoms with Gasteiger partial charge < -0.3 is 19.9 Å². The van der Waals surface area contributed by atoms with Crippen LogP contribution in [0.2, 0.25) is 0 Å². The van der Waals surface area contributed by atoms with E-state index in [4.69, 9.17) is 9.84 Å². The summed E-state index contributed by atoms with van der Waals surface area (Å²) in [5.74, 6) is -1.18. The third kappa shape index (κ3) is 7.09. The molecule has 0 radical (unpaired) electrons. The molecule has 0 spiro atoms. The van der Waals surface area contributed by atoms with Crippen LogP contribution < -0.4 is 30.8 Å². The molecule has 2 aliphatic carbocycles. The van der Waals surface area contributed by atoms with Crippen molar-refractivity contribution >= 4 is 59.0 Å². The summed E-state index contributed by atoms with van der Waals surface area (Å²) in [5.41, 5.74) is 0.974. The highest BCUT2D eigenvalue weighted by atomic mass is 19.1. The predicted molar refractivity (Wildman–Crippen MR) is 215 cm³/mol. The molecule has 6 heterocycles. The lowest BCUT2D eigenvalue weighted by Crippen LogP contribution is -2.64. The van der Waals surface area contributed by atoms with Gasteiger partial charge in [0.15, 0.2) is 17.5 Å². The third-order valence-corrected chi connectivity index (χ3v) is 12.6. The molecule has 2 aromatic heterocycles. The normalized spacial score (nSPS) is 23.9. The molecule has 2 saturated heterocycles. The van der Waals surface area contributed by atoms with E-state index in [0.29, 0.717) is 40.9 Å². The number of nitrogens with zero attached hydrogens (tertiary/aromatic N) is 8. The number of imide groups is 2. The minimum atomic E-state index is -1.44. The first-order chi connectivity index (χ1) is 29.0. The highest BCUT2D eigenvalue weighted by Gasteiger charge is 2.48. The molecule has 17 heteroatoms. The van der Waals surface area contributed by atoms with Crippen molar-refractivity contribution in [1.29, 1.82) is 0 Å². The standard InChI is InChI=1S/C43H43FN10O6/c1-50(22-43(44)23-51(24-43)29-9-10-30-31(16-29)42(59)54(41(30)58)35-11-12-37(55)48-40(35)57)28-7-5-25(6-8-28)19-52-20-27-15-34(36(17-33(27)49-52)60-21-26-3-4-26)47-39(56)32-18-46-53-14-2-13-45-38(32)53/h2,9-10,13-20,25-26,28,35H,3-8,11-12,21-24H2,1H3,(H-,47,48,55,56,57)/p+1/b52-19+. The molecule has 308 valence electrons. The van der Waals surface area contributed by atoms with Crippen LogP contribution in [0.1, 0.15) is 82.4 Å². The van der Waals surface area contributed by atoms with Gasteiger partial charge in [0.1, 0.15) is 22.7 Å². The Labute approximate surface area is 343 Å². The van der Waals surface area contributed by atoms with Gasteiger partial charge in [0.2, 0.25) is 18.0 Å². The molecule has 16 nitrogen and oxygen atoms in total. The Bertz CT molecular complexity index is 2640. The van der Waals surface area contributed by atoms with Gasteiger partial charge in [0, 0.05) is 54.2 Å². The number of hydrogen-bond acceptors (Lipinski definition) is 11. The quantitative estimate of drug-likeness (QED) is 0.169. The summed E-state index contributed by atoms with van der Waals surface area (Å²) in [6.07, 6.45) is 15.1. The highest BCUT2D eigenvalue weighted by Crippen LogP contribution is 2.37. The lowest BCUT2D eigenvalue weighted by molar-refractivity contribution is -0.424. The van der Waals surface area contributed by atoms with Crippen LogP contribution in [-0.4, -0.2) is 116 Å². The lowest BCUT2D eigenvalue weighted by Gasteiger charge is -2.48. The third-order valence-electron chi connectivity index (χ3n) is 12.6. The number of amides is 5. The molecule has 2 N–H and O–H groups in total. The lowest BCUT2D eigenvalue weighted by atomic mass is 9.85. The average Bonchev–Trinajstić information content (AvgIpc) is 3.74. The molecular weight excluding hydrogens is 772 g/mol. The van der Waals surface area contributed by atoms with Crippen LogP contribution in [0.25, 0.3) is 11.8 Å². The van der Waals surface area contributed by atoms with Crippen molar-refractivity contribution in [2.75, 3.05) is 43.5 Å². The van der Waals surface area contributed by atoms with Crippen molar-refractivity contribution in [2.45, 2.75) is 69.1 Å². The number of alkyl halides is 1. The van der Waals surface area contributed by atoms with E-state index in [0.717, 1.165) is 54.0 Å². The van der Waals surface area contributed by atoms with Crippen LogP contribution in [0.3, 0.4) is 0 Å². The summed E-state index contributed by atoms with van der Waals surface area (Å²) >= 11 is 0. The number of halogens is 1. The van der Waals surface area contributed by atoms with Gasteiger partial charge in [-0.05, 0) is 88.2 Å². The Morgan fingerprint density at radius 1 is 1.05 bits per heavy atom. The minimum Gasteiger partial charge on any atom is -0.491 e. The largest absolute Gasteiger partial charge is 0.491 e. The van der Waals surface area contributed by atoms with E-state index in [9.17, 15) is 24.0 Å². The van der Waals surface area contributed by atoms with Gasteiger partial charge in [0.25, 0.3) is 17.7 Å². The van der Waals surface area contributed by atoms with E-state index in [-0.39, 0.29) is 61.5 Å². The SMILES string of the molecule is CN(CC1(F)CN(c2ccc3c(c2)C(=O)N(C2CCC(=O)NC2=O)C3=O)C1)C1CCC(/C=[N+]2\C=c3cc(NC(=O)c4cnn5cccnc45)c(OCC4CC4)cc3=N2)CC1. The van der Waals surface area contributed by atoms with E-state index in [1.54, 1.807) is 41.2 Å². The Hall–Kier alpha value is -6.36. The van der Waals surface area contributed by atoms with Crippen molar-refractivity contribution in [3.05, 3.63) is 82.3 Å². The Kier molecular flexibility index (Phi) is 9.30. The Morgan fingerprint density at radius 3 is 2.63 bits per heavy atom. The second-order valence-corrected chi connectivity index (χ2v) is 17.0. The van der Waals surface area contributed by atoms with Crippen LogP contribution in [0.4, 0.5) is 15.8 Å². The van der Waals surface area contributed by atoms with Crippen LogP contribution in [0.5, 0.6) is 5.75 Å². The summed E-state index contributed by atoms with van der Waals surface area (Å²) in [6, 6.07) is 9.60. The van der Waals surface area contributed by atoms with E-state index >= 15 is 4.39 Å². The predicted octanol–water partition coefficient (Wildman–Crippen LogP) is 2.26. The molecule has 0 bridgehead atoms. The van der Waals surface area contributed by atoms with Gasteiger partial charge in [-0.25, -0.2) is 13.9 Å². The maximum Gasteiger partial charge on any atom is 0.262 e. The van der Waals surface area contributed by atoms with E-state index in [1.807, 2.05) is 35.0 Å². The average molecular weight is 816 g/mol. The van der Waals surface area contributed by atoms with E-state index in [1.165, 1.54) is 6.20 Å². The number of fused-ring (bicyclic) bond motifs is 3. The number of rotatable bonds is 11. The number of anilines is 2. The van der Waals surface area contributed by atoms with Crippen molar-refractivity contribution in [3.63, 3.8) is 0 Å². The number of nitrogens with one attached hydrogen (secondary N) is 2. The van der Waals surface area contributed by atoms with Gasteiger partial charge in [-0.15, -0.1) is 0 Å². The molecule has 1 atom stereocenters. The zero-order valence-corrected chi connectivity index (χ0v) is 33.1. The Morgan fingerprint density at radius 2 is 1.85 bits per heavy atom. The molecule has 6 aliphatic rings. The van der Waals surface area contributed by atoms with Crippen LogP contribution in [0, 0.1) is 11.8 Å². The summed E-state index contributed by atoms with van der Waals surface area (Å²) in [7, 11) is 1.98. The maximum atomic E-state index is 16.1. The molecule has 2 aromatic carbocycles. The highest BCUT2D eigenvalue weighted by molar-refractivity contribution is 6.23. The monoisotopic (exact) mass is 815 g/mol. The van der Waals surface area contributed by atoms with Crippen molar-refractivity contribution in [2.24, 2.45) is 16.9 Å². The fourth-order valence-corrected chi connectivity index (χ4v) is 9.09. The van der Waals surface area contributed by atoms with Gasteiger partial charge >= 0.3 is 0 Å². The molecule has 1 unspecified atom stereocenters. The molecule has 2 saturated carbocycles. The molecule has 4 aliphatic heterocycles. The number of aromatic nitrogens is 3. The number of hydrogen-bond donors (Lipinski definition) is 2. The minimum absolute atomic E-state index is 0.0485. The smallest absolute Gasteiger partial charge is 0.262 e. The summed E-state index contributed by atoms with van der Waals surface area (Å²) < 4.78 is 25.7. The topological polar surface area (TPSA) is 174 Å². The van der Waals surface area contributed by atoms with Gasteiger partial charge in [-0.2, -0.15) is 5.10 Å². The number of carbonyl (C=O) groups is 5. The first-order valence-corrected chi connectivity index (χ1v) is 20.6. The van der Waals surface area contributed by atoms with Crippen LogP contribution in [0.15, 0.2) is 60.1 Å². The van der Waals surface area contributed by atoms with Crippen molar-refractivity contribution in [1.82, 2.24) is 29.7 Å². The number of piperidine rings is 1. The first-order valence-electron chi connectivity index (χ1n) is 20.6. The molecule has 60 heavy (non-hydrogen) atoms. The molecule has 4 aromatic rings. The van der Waals surface area contributed by atoms with E-state index in [2.05, 4.69) is 31.8 Å². The van der Waals surface area contributed by atoms with Gasteiger partial charge in [-0.1, -0.05) is 4.68 Å². The molecule has 4 fully saturated rings.